The number of hydrogen-bond acceptors (Lipinski definition) is 7. The molecule has 9 heteroatoms. The lowest BCUT2D eigenvalue weighted by Gasteiger charge is -2.28. The third-order valence-electron chi connectivity index (χ3n) is 6.75. The highest BCUT2D eigenvalue weighted by Gasteiger charge is 2.31. The SMILES string of the molecule is CCOC(=O)C1CCCC(n2nc(-c3ccc(CNC(=O)c4ccccc4OC)cc3)c(C=O)c2N)C1. The lowest BCUT2D eigenvalue weighted by molar-refractivity contribution is -0.149. The number of hydrogen-bond donors (Lipinski definition) is 2. The van der Waals surface area contributed by atoms with E-state index < -0.39 is 0 Å². The van der Waals surface area contributed by atoms with Crippen LogP contribution in [-0.2, 0) is 16.1 Å². The fourth-order valence-electron chi connectivity index (χ4n) is 4.82. The minimum Gasteiger partial charge on any atom is -0.496 e. The average molecular weight is 505 g/mol. The Hall–Kier alpha value is -4.14. The van der Waals surface area contributed by atoms with Crippen LogP contribution in [0.4, 0.5) is 5.82 Å². The van der Waals surface area contributed by atoms with Crippen molar-refractivity contribution in [3.63, 3.8) is 0 Å². The quantitative estimate of drug-likeness (QED) is 0.331. The number of aromatic nitrogens is 2. The first-order chi connectivity index (χ1) is 18.0. The molecule has 1 heterocycles. The number of para-hydroxylation sites is 1. The summed E-state index contributed by atoms with van der Waals surface area (Å²) in [7, 11) is 1.53. The van der Waals surface area contributed by atoms with Crippen LogP contribution in [0.3, 0.4) is 0 Å². The smallest absolute Gasteiger partial charge is 0.308 e. The molecule has 2 unspecified atom stereocenters. The normalized spacial score (nSPS) is 17.1. The van der Waals surface area contributed by atoms with Crippen LogP contribution in [0.15, 0.2) is 48.5 Å². The van der Waals surface area contributed by atoms with Gasteiger partial charge in [-0.05, 0) is 43.9 Å². The Balaban J connectivity index is 1.48. The van der Waals surface area contributed by atoms with Crippen molar-refractivity contribution in [1.29, 1.82) is 0 Å². The molecule has 1 aromatic heterocycles. The number of carbonyl (C=O) groups excluding carboxylic acids is 3. The number of aldehydes is 1. The van der Waals surface area contributed by atoms with Gasteiger partial charge in [-0.1, -0.05) is 42.8 Å². The van der Waals surface area contributed by atoms with Gasteiger partial charge in [-0.2, -0.15) is 5.10 Å². The predicted octanol–water partition coefficient (Wildman–Crippen LogP) is 4.18. The number of carbonyl (C=O) groups is 3. The van der Waals surface area contributed by atoms with Crippen LogP contribution in [0.5, 0.6) is 5.75 Å². The number of rotatable bonds is 9. The van der Waals surface area contributed by atoms with E-state index in [0.29, 0.717) is 48.0 Å². The van der Waals surface area contributed by atoms with E-state index in [4.69, 9.17) is 20.3 Å². The molecule has 0 aliphatic heterocycles. The number of nitrogens with two attached hydrogens (primary N) is 1. The van der Waals surface area contributed by atoms with Gasteiger partial charge in [0.15, 0.2) is 6.29 Å². The van der Waals surface area contributed by atoms with Crippen molar-refractivity contribution in [3.05, 3.63) is 65.2 Å². The molecule has 9 nitrogen and oxygen atoms in total. The number of methoxy groups -OCH3 is 1. The molecule has 194 valence electrons. The van der Waals surface area contributed by atoms with Crippen LogP contribution in [0.1, 0.15) is 64.9 Å². The molecule has 4 rings (SSSR count). The van der Waals surface area contributed by atoms with Crippen LogP contribution in [0, 0.1) is 5.92 Å². The maximum absolute atomic E-state index is 12.6. The molecule has 0 bridgehead atoms. The van der Waals surface area contributed by atoms with Crippen molar-refractivity contribution >= 4 is 24.0 Å². The van der Waals surface area contributed by atoms with E-state index in [-0.39, 0.29) is 23.8 Å². The van der Waals surface area contributed by atoms with Gasteiger partial charge in [-0.3, -0.25) is 14.4 Å². The summed E-state index contributed by atoms with van der Waals surface area (Å²) in [5, 5.41) is 7.60. The minimum atomic E-state index is -0.232. The monoisotopic (exact) mass is 504 g/mol. The van der Waals surface area contributed by atoms with E-state index in [1.165, 1.54) is 7.11 Å². The Bertz CT molecular complexity index is 1270. The first-order valence-corrected chi connectivity index (χ1v) is 12.5. The van der Waals surface area contributed by atoms with Crippen molar-refractivity contribution in [3.8, 4) is 17.0 Å². The maximum atomic E-state index is 12.6. The van der Waals surface area contributed by atoms with E-state index in [1.54, 1.807) is 29.8 Å². The summed E-state index contributed by atoms with van der Waals surface area (Å²) in [5.41, 5.74) is 9.26. The van der Waals surface area contributed by atoms with Crippen molar-refractivity contribution in [1.82, 2.24) is 15.1 Å². The van der Waals surface area contributed by atoms with Gasteiger partial charge in [0, 0.05) is 12.1 Å². The second-order valence-corrected chi connectivity index (χ2v) is 9.06. The zero-order valence-corrected chi connectivity index (χ0v) is 21.1. The van der Waals surface area contributed by atoms with E-state index in [2.05, 4.69) is 5.32 Å². The highest BCUT2D eigenvalue weighted by Crippen LogP contribution is 2.37. The molecule has 0 radical (unpaired) electrons. The Labute approximate surface area is 215 Å². The molecule has 1 aliphatic carbocycles. The average Bonchev–Trinajstić information content (AvgIpc) is 3.28. The number of amides is 1. The largest absolute Gasteiger partial charge is 0.496 e. The first kappa shape index (κ1) is 25.9. The van der Waals surface area contributed by atoms with Crippen LogP contribution in [-0.4, -0.2) is 41.7 Å². The maximum Gasteiger partial charge on any atom is 0.308 e. The van der Waals surface area contributed by atoms with Crippen LogP contribution < -0.4 is 15.8 Å². The number of anilines is 1. The van der Waals surface area contributed by atoms with Gasteiger partial charge < -0.3 is 20.5 Å². The number of esters is 1. The number of nitrogens with zero attached hydrogens (tertiary/aromatic N) is 2. The third kappa shape index (κ3) is 5.66. The molecular formula is C28H32N4O5. The summed E-state index contributed by atoms with van der Waals surface area (Å²) in [6, 6.07) is 14.4. The molecule has 3 aromatic rings. The summed E-state index contributed by atoms with van der Waals surface area (Å²) < 4.78 is 12.2. The van der Waals surface area contributed by atoms with Crippen molar-refractivity contribution in [2.45, 2.75) is 45.2 Å². The van der Waals surface area contributed by atoms with E-state index in [0.717, 1.165) is 36.7 Å². The van der Waals surface area contributed by atoms with Gasteiger partial charge in [-0.25, -0.2) is 4.68 Å². The van der Waals surface area contributed by atoms with Gasteiger partial charge in [0.25, 0.3) is 5.91 Å². The molecule has 1 saturated carbocycles. The molecular weight excluding hydrogens is 472 g/mol. The predicted molar refractivity (Wildman–Crippen MR) is 139 cm³/mol. The molecule has 37 heavy (non-hydrogen) atoms. The Morgan fingerprint density at radius 3 is 2.62 bits per heavy atom. The number of nitrogen functional groups attached to an aromatic ring is 1. The van der Waals surface area contributed by atoms with Crippen LogP contribution in [0.25, 0.3) is 11.3 Å². The summed E-state index contributed by atoms with van der Waals surface area (Å²) in [4.78, 5) is 36.8. The van der Waals surface area contributed by atoms with Crippen LogP contribution >= 0.6 is 0 Å². The lowest BCUT2D eigenvalue weighted by atomic mass is 9.86. The molecule has 2 aromatic carbocycles. The number of ether oxygens (including phenoxy) is 2. The molecule has 0 spiro atoms. The number of nitrogens with one attached hydrogen (secondary N) is 1. The van der Waals surface area contributed by atoms with E-state index >= 15 is 0 Å². The van der Waals surface area contributed by atoms with E-state index in [9.17, 15) is 14.4 Å². The topological polar surface area (TPSA) is 126 Å². The Morgan fingerprint density at radius 2 is 1.92 bits per heavy atom. The molecule has 0 saturated heterocycles. The van der Waals surface area contributed by atoms with Crippen molar-refractivity contribution in [2.24, 2.45) is 5.92 Å². The second-order valence-electron chi connectivity index (χ2n) is 9.06. The molecule has 1 aliphatic rings. The third-order valence-corrected chi connectivity index (χ3v) is 6.75. The zero-order chi connectivity index (χ0) is 26.4. The molecule has 3 N–H and O–H groups in total. The molecule has 1 amide bonds. The van der Waals surface area contributed by atoms with E-state index in [1.807, 2.05) is 30.3 Å². The minimum absolute atomic E-state index is 0.0833. The Kier molecular flexibility index (Phi) is 8.22. The summed E-state index contributed by atoms with van der Waals surface area (Å²) in [6.07, 6.45) is 3.76. The highest BCUT2D eigenvalue weighted by atomic mass is 16.5. The standard InChI is InChI=1S/C28H32N4O5/c1-3-37-28(35)20-7-6-8-21(15-20)32-26(29)23(17-33)25(31-32)19-13-11-18(12-14-19)16-30-27(34)22-9-4-5-10-24(22)36-2/h4-5,9-14,17,20-21H,3,6-8,15-16,29H2,1-2H3,(H,30,34). The fourth-order valence-corrected chi connectivity index (χ4v) is 4.82. The number of benzene rings is 2. The molecule has 2 atom stereocenters. The Morgan fingerprint density at radius 1 is 1.16 bits per heavy atom. The summed E-state index contributed by atoms with van der Waals surface area (Å²) in [6.45, 7) is 2.47. The van der Waals surface area contributed by atoms with Gasteiger partial charge in [0.05, 0.1) is 36.8 Å². The van der Waals surface area contributed by atoms with Crippen LogP contribution in [0.2, 0.25) is 0 Å². The first-order valence-electron chi connectivity index (χ1n) is 12.5. The summed E-state index contributed by atoms with van der Waals surface area (Å²) >= 11 is 0. The second kappa shape index (κ2) is 11.7. The van der Waals surface area contributed by atoms with Gasteiger partial charge in [0.2, 0.25) is 0 Å². The van der Waals surface area contributed by atoms with Crippen molar-refractivity contribution < 1.29 is 23.9 Å². The van der Waals surface area contributed by atoms with Gasteiger partial charge in [0.1, 0.15) is 17.3 Å². The van der Waals surface area contributed by atoms with Crippen molar-refractivity contribution in [2.75, 3.05) is 19.5 Å². The van der Waals surface area contributed by atoms with Gasteiger partial charge >= 0.3 is 5.97 Å². The highest BCUT2D eigenvalue weighted by molar-refractivity contribution is 5.97. The lowest BCUT2D eigenvalue weighted by Crippen LogP contribution is -2.27. The zero-order valence-electron chi connectivity index (χ0n) is 21.1. The summed E-state index contributed by atoms with van der Waals surface area (Å²) in [5.74, 6) is 0.187. The molecule has 1 fully saturated rings. The fraction of sp³-hybridized carbons (Fsp3) is 0.357. The van der Waals surface area contributed by atoms with Gasteiger partial charge in [-0.15, -0.1) is 0 Å².